The molecule has 0 radical (unpaired) electrons. The van der Waals surface area contributed by atoms with E-state index < -0.39 is 0 Å². The molecule has 0 amide bonds. The Labute approximate surface area is 126 Å². The zero-order chi connectivity index (χ0) is 15.0. The molecule has 0 spiro atoms. The first kappa shape index (κ1) is 13.5. The zero-order valence-electron chi connectivity index (χ0n) is 11.2. The van der Waals surface area contributed by atoms with Crippen molar-refractivity contribution in [3.63, 3.8) is 0 Å². The van der Waals surface area contributed by atoms with Crippen LogP contribution in [0.15, 0.2) is 46.9 Å². The van der Waals surface area contributed by atoms with Gasteiger partial charge >= 0.3 is 0 Å². The van der Waals surface area contributed by atoms with Crippen molar-refractivity contribution in [3.05, 3.63) is 58.8 Å². The molecule has 3 rings (SSSR count). The average molecular weight is 302 g/mol. The summed E-state index contributed by atoms with van der Waals surface area (Å²) in [6, 6.07) is 11.9. The Morgan fingerprint density at radius 2 is 2.05 bits per heavy atom. The summed E-state index contributed by atoms with van der Waals surface area (Å²) in [6.07, 6.45) is 0. The number of hydrogen-bond donors (Lipinski definition) is 1. The van der Waals surface area contributed by atoms with Gasteiger partial charge in [0.15, 0.2) is 5.76 Å². The van der Waals surface area contributed by atoms with Crippen LogP contribution in [-0.4, -0.2) is 12.9 Å². The number of hydrogen-bond acceptors (Lipinski definition) is 4. The number of benzene rings is 2. The van der Waals surface area contributed by atoms with Crippen LogP contribution in [0.5, 0.6) is 5.75 Å². The third-order valence-electron chi connectivity index (χ3n) is 3.23. The Morgan fingerprint density at radius 3 is 2.81 bits per heavy atom. The van der Waals surface area contributed by atoms with E-state index in [0.717, 1.165) is 5.39 Å². The van der Waals surface area contributed by atoms with Gasteiger partial charge in [0.25, 0.3) is 0 Å². The van der Waals surface area contributed by atoms with Crippen LogP contribution in [0.25, 0.3) is 11.0 Å². The summed E-state index contributed by atoms with van der Waals surface area (Å²) in [7, 11) is 1.50. The predicted molar refractivity (Wildman–Crippen MR) is 82.1 cm³/mol. The molecule has 3 aromatic rings. The summed E-state index contributed by atoms with van der Waals surface area (Å²) >= 11 is 5.93. The summed E-state index contributed by atoms with van der Waals surface area (Å²) < 4.78 is 10.7. The molecule has 0 aliphatic rings. The molecular formula is C16H12ClNO3. The highest BCUT2D eigenvalue weighted by atomic mass is 35.5. The minimum absolute atomic E-state index is 0.215. The maximum atomic E-state index is 12.5. The second-order valence-corrected chi connectivity index (χ2v) is 4.98. The number of carbonyl (C=O) groups is 1. The van der Waals surface area contributed by atoms with Crippen molar-refractivity contribution in [2.45, 2.75) is 0 Å². The van der Waals surface area contributed by atoms with Gasteiger partial charge in [0.1, 0.15) is 11.3 Å². The number of fused-ring (bicyclic) bond motifs is 1. The summed E-state index contributed by atoms with van der Waals surface area (Å²) in [5.74, 6) is 0.381. The van der Waals surface area contributed by atoms with Crippen molar-refractivity contribution in [2.24, 2.45) is 0 Å². The van der Waals surface area contributed by atoms with E-state index in [1.165, 1.54) is 7.11 Å². The molecule has 0 aliphatic heterocycles. The molecule has 4 nitrogen and oxygen atoms in total. The minimum Gasteiger partial charge on any atom is -0.495 e. The van der Waals surface area contributed by atoms with Crippen LogP contribution >= 0.6 is 11.6 Å². The van der Waals surface area contributed by atoms with Crippen LogP contribution in [-0.2, 0) is 0 Å². The molecule has 2 aromatic carbocycles. The van der Waals surface area contributed by atoms with Gasteiger partial charge in [0, 0.05) is 10.4 Å². The fourth-order valence-electron chi connectivity index (χ4n) is 2.18. The highest BCUT2D eigenvalue weighted by molar-refractivity contribution is 6.31. The summed E-state index contributed by atoms with van der Waals surface area (Å²) in [6.45, 7) is 0. The monoisotopic (exact) mass is 301 g/mol. The molecule has 2 N–H and O–H groups in total. The maximum absolute atomic E-state index is 12.5. The van der Waals surface area contributed by atoms with Crippen LogP contribution in [0.1, 0.15) is 16.1 Å². The lowest BCUT2D eigenvalue weighted by Gasteiger charge is -2.07. The molecule has 5 heteroatoms. The highest BCUT2D eigenvalue weighted by Crippen LogP contribution is 2.29. The van der Waals surface area contributed by atoms with E-state index in [0.29, 0.717) is 27.6 Å². The van der Waals surface area contributed by atoms with Crippen LogP contribution in [0, 0.1) is 0 Å². The van der Waals surface area contributed by atoms with Gasteiger partial charge in [-0.3, -0.25) is 4.79 Å². The van der Waals surface area contributed by atoms with Crippen LogP contribution in [0.2, 0.25) is 5.02 Å². The number of methoxy groups -OCH3 is 1. The second kappa shape index (κ2) is 5.14. The lowest BCUT2D eigenvalue weighted by molar-refractivity contribution is 0.101. The van der Waals surface area contributed by atoms with Crippen molar-refractivity contribution in [2.75, 3.05) is 12.8 Å². The number of halogens is 1. The number of ether oxygens (including phenoxy) is 1. The minimum atomic E-state index is -0.293. The maximum Gasteiger partial charge on any atom is 0.230 e. The third-order valence-corrected chi connectivity index (χ3v) is 3.47. The highest BCUT2D eigenvalue weighted by Gasteiger charge is 2.19. The number of nitrogen functional groups attached to an aromatic ring is 1. The number of anilines is 1. The normalized spacial score (nSPS) is 10.8. The van der Waals surface area contributed by atoms with Crippen molar-refractivity contribution < 1.29 is 13.9 Å². The molecule has 0 saturated carbocycles. The van der Waals surface area contributed by atoms with Gasteiger partial charge in [0.2, 0.25) is 5.78 Å². The third kappa shape index (κ3) is 2.34. The van der Waals surface area contributed by atoms with E-state index in [4.69, 9.17) is 26.5 Å². The Morgan fingerprint density at radius 1 is 1.24 bits per heavy atom. The van der Waals surface area contributed by atoms with E-state index in [2.05, 4.69) is 0 Å². The number of furan rings is 1. The molecule has 0 saturated heterocycles. The number of nitrogens with two attached hydrogens (primary N) is 1. The molecule has 0 atom stereocenters. The lowest BCUT2D eigenvalue weighted by atomic mass is 10.1. The number of rotatable bonds is 3. The van der Waals surface area contributed by atoms with Crippen LogP contribution in [0.3, 0.4) is 0 Å². The molecular weight excluding hydrogens is 290 g/mol. The molecule has 0 aliphatic carbocycles. The summed E-state index contributed by atoms with van der Waals surface area (Å²) in [5, 5.41) is 1.36. The fourth-order valence-corrected chi connectivity index (χ4v) is 2.36. The SMILES string of the molecule is COc1cccc(C(=O)c2cc3cc(Cl)ccc3o2)c1N. The van der Waals surface area contributed by atoms with Crippen molar-refractivity contribution in [1.82, 2.24) is 0 Å². The van der Waals surface area contributed by atoms with Gasteiger partial charge < -0.3 is 14.9 Å². The van der Waals surface area contributed by atoms with Gasteiger partial charge in [-0.2, -0.15) is 0 Å². The van der Waals surface area contributed by atoms with E-state index in [1.807, 2.05) is 0 Å². The molecule has 21 heavy (non-hydrogen) atoms. The lowest BCUT2D eigenvalue weighted by Crippen LogP contribution is -2.05. The first-order valence-corrected chi connectivity index (χ1v) is 6.64. The van der Waals surface area contributed by atoms with Gasteiger partial charge in [0.05, 0.1) is 18.4 Å². The van der Waals surface area contributed by atoms with E-state index >= 15 is 0 Å². The molecule has 1 heterocycles. The Hall–Kier alpha value is -2.46. The van der Waals surface area contributed by atoms with Gasteiger partial charge in [-0.25, -0.2) is 0 Å². The smallest absolute Gasteiger partial charge is 0.230 e. The van der Waals surface area contributed by atoms with Crippen molar-refractivity contribution in [3.8, 4) is 5.75 Å². The predicted octanol–water partition coefficient (Wildman–Crippen LogP) is 3.91. The molecule has 0 unspecified atom stereocenters. The first-order chi connectivity index (χ1) is 10.1. The van der Waals surface area contributed by atoms with E-state index in [9.17, 15) is 4.79 Å². The Kier molecular flexibility index (Phi) is 3.31. The van der Waals surface area contributed by atoms with Gasteiger partial charge in [-0.05, 0) is 36.4 Å². The van der Waals surface area contributed by atoms with Crippen LogP contribution < -0.4 is 10.5 Å². The number of ketones is 1. The van der Waals surface area contributed by atoms with Crippen molar-refractivity contribution in [1.29, 1.82) is 0 Å². The molecule has 0 fully saturated rings. The zero-order valence-corrected chi connectivity index (χ0v) is 12.0. The topological polar surface area (TPSA) is 65.5 Å². The van der Waals surface area contributed by atoms with Gasteiger partial charge in [-0.1, -0.05) is 17.7 Å². The number of carbonyl (C=O) groups excluding carboxylic acids is 1. The first-order valence-electron chi connectivity index (χ1n) is 6.26. The Balaban J connectivity index is 2.08. The number of para-hydroxylation sites is 1. The van der Waals surface area contributed by atoms with Crippen molar-refractivity contribution >= 4 is 34.0 Å². The fraction of sp³-hybridized carbons (Fsp3) is 0.0625. The largest absolute Gasteiger partial charge is 0.495 e. The van der Waals surface area contributed by atoms with E-state index in [1.54, 1.807) is 42.5 Å². The summed E-state index contributed by atoms with van der Waals surface area (Å²) in [4.78, 5) is 12.5. The molecule has 0 bridgehead atoms. The molecule has 106 valence electrons. The van der Waals surface area contributed by atoms with Gasteiger partial charge in [-0.15, -0.1) is 0 Å². The quantitative estimate of drug-likeness (QED) is 0.588. The second-order valence-electron chi connectivity index (χ2n) is 4.54. The Bertz CT molecular complexity index is 839. The summed E-state index contributed by atoms with van der Waals surface area (Å²) in [5.41, 5.74) is 7.18. The standard InChI is InChI=1S/C16H12ClNO3/c1-20-13-4-2-3-11(15(13)18)16(19)14-8-9-7-10(17)5-6-12(9)21-14/h2-8H,18H2,1H3. The molecule has 1 aromatic heterocycles. The average Bonchev–Trinajstić information content (AvgIpc) is 2.89. The van der Waals surface area contributed by atoms with E-state index in [-0.39, 0.29) is 11.5 Å². The van der Waals surface area contributed by atoms with Crippen LogP contribution in [0.4, 0.5) is 5.69 Å².